The molecule has 0 heterocycles. The summed E-state index contributed by atoms with van der Waals surface area (Å²) in [6.45, 7) is 4.93. The summed E-state index contributed by atoms with van der Waals surface area (Å²) in [5.41, 5.74) is 7.62. The molecule has 3 N–H and O–H groups in total. The Hall–Kier alpha value is -1.22. The highest BCUT2D eigenvalue weighted by molar-refractivity contribution is 5.67. The number of nitrogens with zero attached hydrogens (tertiary/aromatic N) is 1. The van der Waals surface area contributed by atoms with Gasteiger partial charge in [0.2, 0.25) is 0 Å². The lowest BCUT2D eigenvalue weighted by atomic mass is 10.2. The predicted molar refractivity (Wildman–Crippen MR) is 60.4 cm³/mol. The van der Waals surface area contributed by atoms with Crippen LogP contribution < -0.4 is 10.6 Å². The zero-order valence-electron chi connectivity index (χ0n) is 8.77. The topological polar surface area (TPSA) is 49.5 Å². The Labute approximate surface area is 85.2 Å². The van der Waals surface area contributed by atoms with Crippen LogP contribution in [0.1, 0.15) is 13.8 Å². The average molecular weight is 194 g/mol. The van der Waals surface area contributed by atoms with Gasteiger partial charge in [-0.3, -0.25) is 0 Å². The van der Waals surface area contributed by atoms with Crippen molar-refractivity contribution < 1.29 is 5.11 Å². The largest absolute Gasteiger partial charge is 0.397 e. The summed E-state index contributed by atoms with van der Waals surface area (Å²) in [5.74, 6) is 0. The highest BCUT2D eigenvalue weighted by atomic mass is 16.3. The highest BCUT2D eigenvalue weighted by Crippen LogP contribution is 2.23. The molecule has 0 atom stereocenters. The summed E-state index contributed by atoms with van der Waals surface area (Å²) in [6, 6.07) is 8.06. The summed E-state index contributed by atoms with van der Waals surface area (Å²) in [5, 5.41) is 8.96. The minimum absolute atomic E-state index is 0.145. The maximum atomic E-state index is 8.96. The minimum Gasteiger partial charge on any atom is -0.397 e. The molecule has 3 heteroatoms. The molecule has 0 aromatic heterocycles. The van der Waals surface area contributed by atoms with Crippen molar-refractivity contribution in [1.29, 1.82) is 0 Å². The van der Waals surface area contributed by atoms with Crippen LogP contribution in [0.3, 0.4) is 0 Å². The smallest absolute Gasteiger partial charge is 0.0606 e. The van der Waals surface area contributed by atoms with Gasteiger partial charge in [-0.1, -0.05) is 12.1 Å². The Morgan fingerprint density at radius 1 is 1.36 bits per heavy atom. The van der Waals surface area contributed by atoms with Crippen molar-refractivity contribution in [1.82, 2.24) is 0 Å². The molecule has 0 bridgehead atoms. The van der Waals surface area contributed by atoms with Crippen LogP contribution in [0.15, 0.2) is 24.3 Å². The van der Waals surface area contributed by atoms with Gasteiger partial charge in [-0.2, -0.15) is 0 Å². The number of anilines is 2. The fourth-order valence-electron chi connectivity index (χ4n) is 1.51. The number of para-hydroxylation sites is 2. The molecule has 0 spiro atoms. The van der Waals surface area contributed by atoms with Gasteiger partial charge in [0.25, 0.3) is 0 Å². The van der Waals surface area contributed by atoms with Crippen molar-refractivity contribution in [3.05, 3.63) is 24.3 Å². The molecule has 3 nitrogen and oxygen atoms in total. The van der Waals surface area contributed by atoms with Gasteiger partial charge in [0.15, 0.2) is 0 Å². The van der Waals surface area contributed by atoms with Crippen LogP contribution >= 0.6 is 0 Å². The molecule has 1 aromatic rings. The van der Waals surface area contributed by atoms with Crippen LogP contribution in [0.25, 0.3) is 0 Å². The quantitative estimate of drug-likeness (QED) is 0.714. The molecule has 78 valence electrons. The van der Waals surface area contributed by atoms with E-state index >= 15 is 0 Å². The summed E-state index contributed by atoms with van der Waals surface area (Å²) in [4.78, 5) is 2.09. The second-order valence-corrected chi connectivity index (χ2v) is 3.57. The van der Waals surface area contributed by atoms with E-state index in [1.54, 1.807) is 0 Å². The zero-order valence-corrected chi connectivity index (χ0v) is 8.77. The van der Waals surface area contributed by atoms with Gasteiger partial charge < -0.3 is 15.7 Å². The molecular formula is C11H18N2O. The van der Waals surface area contributed by atoms with Crippen molar-refractivity contribution >= 4 is 11.4 Å². The molecule has 0 amide bonds. The monoisotopic (exact) mass is 194 g/mol. The van der Waals surface area contributed by atoms with Gasteiger partial charge in [0.1, 0.15) is 0 Å². The Morgan fingerprint density at radius 3 is 2.50 bits per heavy atom. The summed E-state index contributed by atoms with van der Waals surface area (Å²) < 4.78 is 0. The van der Waals surface area contributed by atoms with Crippen LogP contribution in [0.5, 0.6) is 0 Å². The molecule has 0 radical (unpaired) electrons. The first-order valence-electron chi connectivity index (χ1n) is 4.88. The van der Waals surface area contributed by atoms with Gasteiger partial charge >= 0.3 is 0 Å². The normalized spacial score (nSPS) is 10.6. The standard InChI is InChI=1S/C11H18N2O/c1-9(2)13(7-8-14)11-6-4-3-5-10(11)12/h3-6,9,14H,7-8,12H2,1-2H3. The number of benzene rings is 1. The maximum absolute atomic E-state index is 8.96. The molecule has 0 saturated carbocycles. The number of aliphatic hydroxyl groups is 1. The SMILES string of the molecule is CC(C)N(CCO)c1ccccc1N. The minimum atomic E-state index is 0.145. The number of hydrogen-bond donors (Lipinski definition) is 2. The van der Waals surface area contributed by atoms with E-state index in [0.29, 0.717) is 12.6 Å². The Morgan fingerprint density at radius 2 is 2.00 bits per heavy atom. The zero-order chi connectivity index (χ0) is 10.6. The fourth-order valence-corrected chi connectivity index (χ4v) is 1.51. The lowest BCUT2D eigenvalue weighted by molar-refractivity contribution is 0.299. The maximum Gasteiger partial charge on any atom is 0.0606 e. The molecule has 0 unspecified atom stereocenters. The van der Waals surface area contributed by atoms with Crippen molar-refractivity contribution in [3.8, 4) is 0 Å². The van der Waals surface area contributed by atoms with E-state index in [0.717, 1.165) is 11.4 Å². The molecule has 0 aliphatic rings. The Bertz CT molecular complexity index is 286. The van der Waals surface area contributed by atoms with Crippen LogP contribution in [0.4, 0.5) is 11.4 Å². The van der Waals surface area contributed by atoms with E-state index in [1.165, 1.54) is 0 Å². The van der Waals surface area contributed by atoms with E-state index in [-0.39, 0.29) is 6.61 Å². The van der Waals surface area contributed by atoms with Crippen molar-refractivity contribution in [2.75, 3.05) is 23.8 Å². The van der Waals surface area contributed by atoms with E-state index in [2.05, 4.69) is 18.7 Å². The van der Waals surface area contributed by atoms with Gasteiger partial charge in [-0.15, -0.1) is 0 Å². The molecule has 0 saturated heterocycles. The third-order valence-electron chi connectivity index (χ3n) is 2.21. The van der Waals surface area contributed by atoms with E-state index < -0.39 is 0 Å². The molecule has 14 heavy (non-hydrogen) atoms. The molecule has 1 aromatic carbocycles. The molecule has 0 fully saturated rings. The lowest BCUT2D eigenvalue weighted by Crippen LogP contribution is -2.33. The molecular weight excluding hydrogens is 176 g/mol. The third-order valence-corrected chi connectivity index (χ3v) is 2.21. The first kappa shape index (κ1) is 10.9. The molecule has 1 rings (SSSR count). The fraction of sp³-hybridized carbons (Fsp3) is 0.455. The Balaban J connectivity index is 2.93. The second kappa shape index (κ2) is 4.86. The highest BCUT2D eigenvalue weighted by Gasteiger charge is 2.11. The van der Waals surface area contributed by atoms with Gasteiger partial charge in [0.05, 0.1) is 18.0 Å². The van der Waals surface area contributed by atoms with E-state index in [4.69, 9.17) is 10.8 Å². The lowest BCUT2D eigenvalue weighted by Gasteiger charge is -2.29. The van der Waals surface area contributed by atoms with Crippen molar-refractivity contribution in [3.63, 3.8) is 0 Å². The number of hydrogen-bond acceptors (Lipinski definition) is 3. The second-order valence-electron chi connectivity index (χ2n) is 3.57. The molecule has 0 aliphatic heterocycles. The number of nitrogens with two attached hydrogens (primary N) is 1. The first-order chi connectivity index (χ1) is 6.66. The van der Waals surface area contributed by atoms with Crippen LogP contribution in [-0.2, 0) is 0 Å². The van der Waals surface area contributed by atoms with E-state index in [9.17, 15) is 0 Å². The van der Waals surface area contributed by atoms with Gasteiger partial charge in [-0.25, -0.2) is 0 Å². The number of aliphatic hydroxyl groups excluding tert-OH is 1. The van der Waals surface area contributed by atoms with Crippen LogP contribution in [0, 0.1) is 0 Å². The number of rotatable bonds is 4. The van der Waals surface area contributed by atoms with Crippen molar-refractivity contribution in [2.45, 2.75) is 19.9 Å². The van der Waals surface area contributed by atoms with Crippen LogP contribution in [0.2, 0.25) is 0 Å². The predicted octanol–water partition coefficient (Wildman–Crippen LogP) is 1.48. The number of nitrogen functional groups attached to an aromatic ring is 1. The summed E-state index contributed by atoms with van der Waals surface area (Å²) in [6.07, 6.45) is 0. The van der Waals surface area contributed by atoms with Gasteiger partial charge in [-0.05, 0) is 26.0 Å². The third kappa shape index (κ3) is 2.39. The first-order valence-corrected chi connectivity index (χ1v) is 4.88. The van der Waals surface area contributed by atoms with Crippen molar-refractivity contribution in [2.24, 2.45) is 0 Å². The Kier molecular flexibility index (Phi) is 3.77. The van der Waals surface area contributed by atoms with Crippen LogP contribution in [-0.4, -0.2) is 24.3 Å². The summed E-state index contributed by atoms with van der Waals surface area (Å²) in [7, 11) is 0. The summed E-state index contributed by atoms with van der Waals surface area (Å²) >= 11 is 0. The van der Waals surface area contributed by atoms with Gasteiger partial charge in [0, 0.05) is 12.6 Å². The average Bonchev–Trinajstić information content (AvgIpc) is 2.15. The molecule has 0 aliphatic carbocycles. The van der Waals surface area contributed by atoms with E-state index in [1.807, 2.05) is 24.3 Å².